The quantitative estimate of drug-likeness (QED) is 0.0884. The van der Waals surface area contributed by atoms with Gasteiger partial charge in [0.15, 0.2) is 35.1 Å². The van der Waals surface area contributed by atoms with Crippen molar-refractivity contribution in [3.63, 3.8) is 0 Å². The standard InChI is InChI=1S/C19H23N11O11P2S2/c20-13-7-14(23-3-22-13)29(4-24-7)17-10(32)11-6(39-17)2-37-43(35,45)41-12-9(31)5(1-36-42(34,44)40-11)38-18(12)30-15-8(27-28-30)16(33)26-19(21)25-15/h3-6,9-12,17-18,31-32H,1-2H2,(H,34,44)(H,35,45)(H2,20,22,23)(H3,21,25,26,33)/t5-,6-,9?,10?,11?,12?,17-,18-,42?,43?/m1/s1. The highest BCUT2D eigenvalue weighted by Crippen LogP contribution is 2.58. The lowest BCUT2D eigenvalue weighted by Gasteiger charge is -2.27. The van der Waals surface area contributed by atoms with E-state index >= 15 is 0 Å². The Hall–Kier alpha value is -2.70. The number of nitrogens with one attached hydrogen (secondary N) is 1. The lowest BCUT2D eigenvalue weighted by atomic mass is 10.1. The molecule has 242 valence electrons. The van der Waals surface area contributed by atoms with Crippen LogP contribution in [0.15, 0.2) is 17.4 Å². The number of H-pyrrole nitrogens is 1. The molecule has 8 N–H and O–H groups in total. The number of imidazole rings is 1. The Kier molecular flexibility index (Phi) is 7.71. The Labute approximate surface area is 259 Å². The molecule has 45 heavy (non-hydrogen) atoms. The molecule has 4 aromatic heterocycles. The highest BCUT2D eigenvalue weighted by molar-refractivity contribution is 8.44. The van der Waals surface area contributed by atoms with Crippen molar-refractivity contribution in [1.29, 1.82) is 0 Å². The van der Waals surface area contributed by atoms with Crippen LogP contribution in [0.2, 0.25) is 0 Å². The van der Waals surface area contributed by atoms with Gasteiger partial charge < -0.3 is 40.6 Å². The molecule has 26 heteroatoms. The summed E-state index contributed by atoms with van der Waals surface area (Å²) in [5.41, 5.74) is 11.0. The summed E-state index contributed by atoms with van der Waals surface area (Å²) >= 11 is 9.26. The van der Waals surface area contributed by atoms with Crippen LogP contribution in [0.1, 0.15) is 12.5 Å². The SMILES string of the molecule is Nc1nc2c(nnn2[C@@H]2O[C@@H]3COP(O)(=S)OC4C(O)[C@H](n5cnc6c(N)ncnc65)O[C@@H]4COP(=O)(S)OC2C3O)c(=O)[nH]1. The molecule has 0 aliphatic carbocycles. The molecule has 3 aliphatic heterocycles. The molecule has 6 unspecified atom stereocenters. The number of anilines is 2. The van der Waals surface area contributed by atoms with E-state index in [9.17, 15) is 24.5 Å². The van der Waals surface area contributed by atoms with E-state index < -0.39 is 81.4 Å². The van der Waals surface area contributed by atoms with Crippen LogP contribution >= 0.6 is 25.8 Å². The van der Waals surface area contributed by atoms with Gasteiger partial charge in [0.05, 0.1) is 19.5 Å². The van der Waals surface area contributed by atoms with Crippen LogP contribution in [-0.4, -0.2) is 109 Å². The van der Waals surface area contributed by atoms with Gasteiger partial charge in [-0.3, -0.25) is 27.9 Å². The highest BCUT2D eigenvalue weighted by Gasteiger charge is 2.53. The third-order valence-corrected chi connectivity index (χ3v) is 10.4. The van der Waals surface area contributed by atoms with E-state index in [-0.39, 0.29) is 34.1 Å². The molecule has 0 spiro atoms. The number of thiol groups is 1. The summed E-state index contributed by atoms with van der Waals surface area (Å²) in [5, 5.41) is 30.0. The lowest BCUT2D eigenvalue weighted by molar-refractivity contribution is -0.0627. The fourth-order valence-corrected chi connectivity index (χ4v) is 8.07. The normalized spacial score (nSPS) is 37.7. The predicted octanol–water partition coefficient (Wildman–Crippen LogP) is -1.89. The van der Waals surface area contributed by atoms with Crippen LogP contribution < -0.4 is 17.0 Å². The number of nitrogen functional groups attached to an aromatic ring is 2. The van der Waals surface area contributed by atoms with Crippen LogP contribution in [0, 0.1) is 0 Å². The minimum atomic E-state index is -4.40. The Balaban J connectivity index is 1.21. The molecule has 0 aromatic carbocycles. The number of hydrogen-bond acceptors (Lipinski definition) is 19. The molecule has 4 aromatic rings. The third-order valence-electron chi connectivity index (χ3n) is 7.19. The zero-order valence-corrected chi connectivity index (χ0v) is 25.8. The van der Waals surface area contributed by atoms with Gasteiger partial charge in [-0.05, 0) is 11.8 Å². The van der Waals surface area contributed by atoms with Crippen LogP contribution in [0.5, 0.6) is 0 Å². The van der Waals surface area contributed by atoms with Crippen molar-refractivity contribution in [2.45, 2.75) is 49.1 Å². The first-order chi connectivity index (χ1) is 21.3. The maximum atomic E-state index is 13.5. The average Bonchev–Trinajstić information content (AvgIpc) is 3.72. The van der Waals surface area contributed by atoms with Crippen LogP contribution in [0.25, 0.3) is 22.3 Å². The molecular weight excluding hydrogens is 684 g/mol. The molecule has 7 rings (SSSR count). The highest BCUT2D eigenvalue weighted by atomic mass is 32.7. The summed E-state index contributed by atoms with van der Waals surface area (Å²) in [5.74, 6) is -0.176. The molecule has 7 heterocycles. The number of nitrogens with zero attached hydrogens (tertiary/aromatic N) is 8. The zero-order valence-electron chi connectivity index (χ0n) is 22.3. The Morgan fingerprint density at radius 2 is 1.76 bits per heavy atom. The second-order valence-corrected chi connectivity index (χ2v) is 15.7. The van der Waals surface area contributed by atoms with E-state index in [0.717, 1.165) is 4.68 Å². The first-order valence-electron chi connectivity index (χ1n) is 12.8. The van der Waals surface area contributed by atoms with Crippen LogP contribution in [-0.2, 0) is 43.9 Å². The van der Waals surface area contributed by atoms with Crippen LogP contribution in [0.3, 0.4) is 0 Å². The van der Waals surface area contributed by atoms with E-state index in [1.165, 1.54) is 17.2 Å². The minimum absolute atomic E-state index is 0.0862. The van der Waals surface area contributed by atoms with Gasteiger partial charge in [0.2, 0.25) is 5.95 Å². The van der Waals surface area contributed by atoms with Gasteiger partial charge in [0.25, 0.3) is 5.56 Å². The molecule has 22 nitrogen and oxygen atoms in total. The third kappa shape index (κ3) is 5.54. The Morgan fingerprint density at radius 3 is 2.56 bits per heavy atom. The number of ether oxygens (including phenoxy) is 2. The largest absolute Gasteiger partial charge is 0.387 e. The van der Waals surface area contributed by atoms with Crippen molar-refractivity contribution in [2.24, 2.45) is 0 Å². The number of aromatic amines is 1. The van der Waals surface area contributed by atoms with Crippen molar-refractivity contribution in [2.75, 3.05) is 24.7 Å². The molecule has 0 saturated carbocycles. The van der Waals surface area contributed by atoms with E-state index in [4.69, 9.17) is 50.8 Å². The number of aliphatic hydroxyl groups is 2. The van der Waals surface area contributed by atoms with Crippen molar-refractivity contribution in [3.8, 4) is 0 Å². The zero-order chi connectivity index (χ0) is 31.8. The van der Waals surface area contributed by atoms with E-state index in [1.54, 1.807) is 0 Å². The van der Waals surface area contributed by atoms with Crippen molar-refractivity contribution >= 4 is 71.7 Å². The van der Waals surface area contributed by atoms with Crippen molar-refractivity contribution < 1.29 is 47.2 Å². The van der Waals surface area contributed by atoms with Gasteiger partial charge in [0, 0.05) is 0 Å². The fourth-order valence-electron chi connectivity index (χ4n) is 5.17. The number of nitrogens with two attached hydrogens (primary N) is 2. The lowest BCUT2D eigenvalue weighted by Crippen LogP contribution is -2.36. The number of fused-ring (bicyclic) bond motifs is 5. The van der Waals surface area contributed by atoms with Crippen molar-refractivity contribution in [3.05, 3.63) is 23.0 Å². The topological polar surface area (TPSA) is 305 Å². The summed E-state index contributed by atoms with van der Waals surface area (Å²) in [6, 6.07) is 0. The molecule has 0 radical (unpaired) electrons. The van der Waals surface area contributed by atoms with Gasteiger partial charge in [-0.1, -0.05) is 17.5 Å². The smallest absolute Gasteiger partial charge is 0.386 e. The van der Waals surface area contributed by atoms with E-state index in [0.29, 0.717) is 0 Å². The van der Waals surface area contributed by atoms with E-state index in [1.807, 2.05) is 0 Å². The van der Waals surface area contributed by atoms with Gasteiger partial charge in [-0.25, -0.2) is 19.5 Å². The van der Waals surface area contributed by atoms with Gasteiger partial charge >= 0.3 is 13.5 Å². The summed E-state index contributed by atoms with van der Waals surface area (Å²) in [4.78, 5) is 41.7. The van der Waals surface area contributed by atoms with Crippen molar-refractivity contribution in [1.82, 2.24) is 44.5 Å². The monoisotopic (exact) mass is 707 g/mol. The summed E-state index contributed by atoms with van der Waals surface area (Å²) in [7, 11) is 0. The molecule has 3 fully saturated rings. The number of rotatable bonds is 2. The maximum Gasteiger partial charge on any atom is 0.386 e. The molecule has 2 bridgehead atoms. The first kappa shape index (κ1) is 30.9. The summed E-state index contributed by atoms with van der Waals surface area (Å²) in [6.45, 7) is -9.76. The first-order valence-corrected chi connectivity index (χ1v) is 18.1. The summed E-state index contributed by atoms with van der Waals surface area (Å²) < 4.78 is 50.0. The molecule has 0 amide bonds. The number of hydrogen-bond donors (Lipinski definition) is 7. The fraction of sp³-hybridized carbons (Fsp3) is 0.526. The average molecular weight is 708 g/mol. The van der Waals surface area contributed by atoms with Gasteiger partial charge in [-0.2, -0.15) is 9.67 Å². The predicted molar refractivity (Wildman–Crippen MR) is 155 cm³/mol. The molecule has 3 aliphatic rings. The van der Waals surface area contributed by atoms with Crippen LogP contribution in [0.4, 0.5) is 11.8 Å². The Bertz CT molecular complexity index is 1940. The minimum Gasteiger partial charge on any atom is -0.387 e. The number of aromatic nitrogens is 9. The maximum absolute atomic E-state index is 13.5. The summed E-state index contributed by atoms with van der Waals surface area (Å²) in [6.07, 6.45) is -8.76. The van der Waals surface area contributed by atoms with Gasteiger partial charge in [-0.15, -0.1) is 5.10 Å². The Morgan fingerprint density at radius 1 is 1.00 bits per heavy atom. The molecule has 10 atom stereocenters. The van der Waals surface area contributed by atoms with E-state index in [2.05, 4.69) is 47.5 Å². The van der Waals surface area contributed by atoms with Gasteiger partial charge in [0.1, 0.15) is 48.5 Å². The second kappa shape index (κ2) is 11.2. The number of aliphatic hydroxyl groups excluding tert-OH is 2. The molecular formula is C19H23N11O11P2S2. The second-order valence-electron chi connectivity index (χ2n) is 10.0. The molecule has 3 saturated heterocycles.